The highest BCUT2D eigenvalue weighted by Gasteiger charge is 2.26. The van der Waals surface area contributed by atoms with Crippen molar-refractivity contribution in [3.63, 3.8) is 0 Å². The highest BCUT2D eigenvalue weighted by Crippen LogP contribution is 2.25. The van der Waals surface area contributed by atoms with E-state index >= 15 is 0 Å². The molecule has 1 aromatic carbocycles. The van der Waals surface area contributed by atoms with Crippen LogP contribution in [0.25, 0.3) is 0 Å². The molecule has 140 valence electrons. The number of rotatable bonds is 6. The van der Waals surface area contributed by atoms with Gasteiger partial charge in [0.15, 0.2) is 0 Å². The first-order valence-corrected chi connectivity index (χ1v) is 9.28. The molecule has 1 aromatic rings. The minimum Gasteiger partial charge on any atom is -0.393 e. The van der Waals surface area contributed by atoms with Crippen molar-refractivity contribution >= 4 is 6.03 Å². The van der Waals surface area contributed by atoms with Crippen LogP contribution in [-0.4, -0.2) is 61.3 Å². The topological polar surface area (TPSA) is 55.8 Å². The van der Waals surface area contributed by atoms with Gasteiger partial charge in [-0.1, -0.05) is 42.7 Å². The molecule has 5 nitrogen and oxygen atoms in total. The molecule has 3 atom stereocenters. The van der Waals surface area contributed by atoms with Crippen LogP contribution in [0.5, 0.6) is 0 Å². The van der Waals surface area contributed by atoms with Crippen molar-refractivity contribution in [1.82, 2.24) is 15.1 Å². The summed E-state index contributed by atoms with van der Waals surface area (Å²) in [5.74, 6) is 0.200. The van der Waals surface area contributed by atoms with E-state index in [1.807, 2.05) is 21.1 Å². The van der Waals surface area contributed by atoms with E-state index in [2.05, 4.69) is 41.4 Å². The summed E-state index contributed by atoms with van der Waals surface area (Å²) < 4.78 is 0. The number of carbonyl (C=O) groups is 1. The maximum atomic E-state index is 12.5. The molecule has 0 radical (unpaired) electrons. The third-order valence-corrected chi connectivity index (χ3v) is 5.26. The Hall–Kier alpha value is -1.59. The molecule has 0 saturated heterocycles. The molecule has 1 aliphatic carbocycles. The molecule has 5 heteroatoms. The molecule has 0 aliphatic heterocycles. The normalized spacial score (nSPS) is 21.8. The fourth-order valence-corrected chi connectivity index (χ4v) is 3.54. The Morgan fingerprint density at radius 3 is 2.44 bits per heavy atom. The Labute approximate surface area is 152 Å². The van der Waals surface area contributed by atoms with Crippen LogP contribution >= 0.6 is 0 Å². The Bertz CT molecular complexity index is 544. The molecule has 0 heterocycles. The lowest BCUT2D eigenvalue weighted by molar-refractivity contribution is 0.0564. The molecular weight excluding hydrogens is 314 g/mol. The molecule has 0 bridgehead atoms. The van der Waals surface area contributed by atoms with Crippen molar-refractivity contribution in [1.29, 1.82) is 0 Å². The van der Waals surface area contributed by atoms with E-state index in [1.165, 1.54) is 11.1 Å². The number of aliphatic hydroxyl groups excluding tert-OH is 1. The third kappa shape index (κ3) is 5.72. The summed E-state index contributed by atoms with van der Waals surface area (Å²) in [5.41, 5.74) is 2.43. The zero-order valence-electron chi connectivity index (χ0n) is 16.0. The number of hydrogen-bond acceptors (Lipinski definition) is 3. The number of nitrogens with zero attached hydrogens (tertiary/aromatic N) is 2. The molecule has 0 spiro atoms. The maximum Gasteiger partial charge on any atom is 0.317 e. The van der Waals surface area contributed by atoms with Gasteiger partial charge in [0.25, 0.3) is 0 Å². The fraction of sp³-hybridized carbons (Fsp3) is 0.650. The lowest BCUT2D eigenvalue weighted by Gasteiger charge is -2.32. The van der Waals surface area contributed by atoms with Crippen LogP contribution in [0.2, 0.25) is 0 Å². The van der Waals surface area contributed by atoms with Gasteiger partial charge in [-0.2, -0.15) is 0 Å². The molecule has 3 unspecified atom stereocenters. The largest absolute Gasteiger partial charge is 0.393 e. The van der Waals surface area contributed by atoms with Crippen molar-refractivity contribution in [3.05, 3.63) is 35.4 Å². The number of carbonyl (C=O) groups excluding carboxylic acids is 1. The van der Waals surface area contributed by atoms with Crippen molar-refractivity contribution in [3.8, 4) is 0 Å². The first-order chi connectivity index (χ1) is 11.9. The molecule has 1 aliphatic rings. The second-order valence-corrected chi connectivity index (χ2v) is 7.57. The molecule has 25 heavy (non-hydrogen) atoms. The number of likely N-dealkylation sites (N-methyl/N-ethyl adjacent to an activating group) is 1. The third-order valence-electron chi connectivity index (χ3n) is 5.26. The standard InChI is InChI=1S/C20H33N3O2/c1-15-9-11-16(12-10-15)18(22(2)3)13-21-20(25)23(4)14-17-7-5-6-8-19(17)24/h9-12,17-19,24H,5-8,13-14H2,1-4H3,(H,21,25). The van der Waals surface area contributed by atoms with E-state index in [9.17, 15) is 9.90 Å². The number of amides is 2. The van der Waals surface area contributed by atoms with Gasteiger partial charge in [0.2, 0.25) is 0 Å². The van der Waals surface area contributed by atoms with E-state index < -0.39 is 0 Å². The van der Waals surface area contributed by atoms with Crippen LogP contribution in [0.3, 0.4) is 0 Å². The van der Waals surface area contributed by atoms with Gasteiger partial charge < -0.3 is 20.2 Å². The lowest BCUT2D eigenvalue weighted by atomic mass is 9.86. The molecule has 1 saturated carbocycles. The predicted molar refractivity (Wildman–Crippen MR) is 102 cm³/mol. The van der Waals surface area contributed by atoms with Gasteiger partial charge in [-0.3, -0.25) is 0 Å². The van der Waals surface area contributed by atoms with Crippen LogP contribution < -0.4 is 5.32 Å². The van der Waals surface area contributed by atoms with E-state index in [0.717, 1.165) is 25.7 Å². The maximum absolute atomic E-state index is 12.5. The Morgan fingerprint density at radius 2 is 1.84 bits per heavy atom. The SMILES string of the molecule is Cc1ccc(C(CNC(=O)N(C)CC2CCCCC2O)N(C)C)cc1. The van der Waals surface area contributed by atoms with Crippen LogP contribution in [0, 0.1) is 12.8 Å². The second kappa shape index (κ2) is 9.20. The highest BCUT2D eigenvalue weighted by atomic mass is 16.3. The van der Waals surface area contributed by atoms with Crippen LogP contribution in [-0.2, 0) is 0 Å². The number of aliphatic hydroxyl groups is 1. The summed E-state index contributed by atoms with van der Waals surface area (Å²) in [6.45, 7) is 3.25. The van der Waals surface area contributed by atoms with Gasteiger partial charge in [0.05, 0.1) is 12.1 Å². The first-order valence-electron chi connectivity index (χ1n) is 9.28. The Kier molecular flexibility index (Phi) is 7.26. The van der Waals surface area contributed by atoms with E-state index in [-0.39, 0.29) is 24.1 Å². The summed E-state index contributed by atoms with van der Waals surface area (Å²) in [4.78, 5) is 16.3. The van der Waals surface area contributed by atoms with Gasteiger partial charge in [-0.15, -0.1) is 0 Å². The van der Waals surface area contributed by atoms with Crippen LogP contribution in [0.4, 0.5) is 4.79 Å². The van der Waals surface area contributed by atoms with Crippen molar-refractivity contribution in [2.24, 2.45) is 5.92 Å². The average Bonchev–Trinajstić information content (AvgIpc) is 2.58. The van der Waals surface area contributed by atoms with Gasteiger partial charge >= 0.3 is 6.03 Å². The summed E-state index contributed by atoms with van der Waals surface area (Å²) in [6, 6.07) is 8.51. The summed E-state index contributed by atoms with van der Waals surface area (Å²) in [6.07, 6.45) is 3.83. The average molecular weight is 348 g/mol. The Balaban J connectivity index is 1.88. The minimum absolute atomic E-state index is 0.0725. The highest BCUT2D eigenvalue weighted by molar-refractivity contribution is 5.73. The zero-order valence-corrected chi connectivity index (χ0v) is 16.0. The predicted octanol–water partition coefficient (Wildman–Crippen LogP) is 2.79. The molecule has 1 fully saturated rings. The van der Waals surface area contributed by atoms with E-state index in [0.29, 0.717) is 13.1 Å². The van der Waals surface area contributed by atoms with Crippen molar-refractivity contribution < 1.29 is 9.90 Å². The van der Waals surface area contributed by atoms with Gasteiger partial charge in [0, 0.05) is 26.1 Å². The van der Waals surface area contributed by atoms with Crippen LogP contribution in [0.15, 0.2) is 24.3 Å². The molecule has 2 N–H and O–H groups in total. The number of nitrogens with one attached hydrogen (secondary N) is 1. The van der Waals surface area contributed by atoms with Gasteiger partial charge in [-0.25, -0.2) is 4.79 Å². The quantitative estimate of drug-likeness (QED) is 0.832. The molecule has 2 rings (SSSR count). The van der Waals surface area contributed by atoms with E-state index in [1.54, 1.807) is 4.90 Å². The molecule has 2 amide bonds. The number of hydrogen-bond donors (Lipinski definition) is 2. The monoisotopic (exact) mass is 347 g/mol. The lowest BCUT2D eigenvalue weighted by Crippen LogP contribution is -2.45. The summed E-state index contributed by atoms with van der Waals surface area (Å²) >= 11 is 0. The second-order valence-electron chi connectivity index (χ2n) is 7.57. The first kappa shape index (κ1) is 19.7. The smallest absolute Gasteiger partial charge is 0.317 e. The van der Waals surface area contributed by atoms with Gasteiger partial charge in [0.1, 0.15) is 0 Å². The zero-order chi connectivity index (χ0) is 18.4. The van der Waals surface area contributed by atoms with Crippen LogP contribution in [0.1, 0.15) is 42.9 Å². The number of aryl methyl sites for hydroxylation is 1. The van der Waals surface area contributed by atoms with Crippen molar-refractivity contribution in [2.45, 2.75) is 44.8 Å². The Morgan fingerprint density at radius 1 is 1.20 bits per heavy atom. The molecular formula is C20H33N3O2. The molecule has 0 aromatic heterocycles. The summed E-state index contributed by atoms with van der Waals surface area (Å²) in [5, 5.41) is 13.1. The number of urea groups is 1. The van der Waals surface area contributed by atoms with Crippen molar-refractivity contribution in [2.75, 3.05) is 34.2 Å². The summed E-state index contributed by atoms with van der Waals surface area (Å²) in [7, 11) is 5.87. The number of benzene rings is 1. The van der Waals surface area contributed by atoms with E-state index in [4.69, 9.17) is 0 Å². The fourth-order valence-electron chi connectivity index (χ4n) is 3.54. The minimum atomic E-state index is -0.272. The van der Waals surface area contributed by atoms with Gasteiger partial charge in [-0.05, 0) is 39.4 Å².